The van der Waals surface area contributed by atoms with Gasteiger partial charge in [-0.2, -0.15) is 0 Å². The molecule has 0 aromatic heterocycles. The summed E-state index contributed by atoms with van der Waals surface area (Å²) in [5.74, 6) is 6.71. The van der Waals surface area contributed by atoms with Crippen molar-refractivity contribution in [3.63, 3.8) is 0 Å². The van der Waals surface area contributed by atoms with E-state index in [4.69, 9.17) is 11.6 Å². The largest absolute Gasteiger partial charge is 0.299 e. The van der Waals surface area contributed by atoms with Gasteiger partial charge in [0.2, 0.25) is 0 Å². The molecule has 0 aromatic carbocycles. The molecular formula is C13H17ClO2. The van der Waals surface area contributed by atoms with Crippen LogP contribution in [-0.2, 0) is 9.59 Å². The molecule has 16 heavy (non-hydrogen) atoms. The summed E-state index contributed by atoms with van der Waals surface area (Å²) in [6.45, 7) is 1.72. The predicted octanol–water partition coefficient (Wildman–Crippen LogP) is 2.73. The van der Waals surface area contributed by atoms with Gasteiger partial charge >= 0.3 is 0 Å². The Labute approximate surface area is 102 Å². The van der Waals surface area contributed by atoms with Crippen molar-refractivity contribution in [2.45, 2.75) is 45.4 Å². The van der Waals surface area contributed by atoms with Crippen LogP contribution in [0, 0.1) is 17.3 Å². The van der Waals surface area contributed by atoms with Crippen LogP contribution in [0.2, 0.25) is 0 Å². The minimum Gasteiger partial charge on any atom is -0.299 e. The van der Waals surface area contributed by atoms with E-state index in [1.54, 1.807) is 6.92 Å². The zero-order valence-corrected chi connectivity index (χ0v) is 10.4. The number of hydrogen-bond donors (Lipinski definition) is 0. The van der Waals surface area contributed by atoms with Gasteiger partial charge in [-0.25, -0.2) is 0 Å². The van der Waals surface area contributed by atoms with Gasteiger partial charge in [-0.1, -0.05) is 0 Å². The van der Waals surface area contributed by atoms with E-state index in [9.17, 15) is 9.59 Å². The van der Waals surface area contributed by atoms with Crippen molar-refractivity contribution in [1.82, 2.24) is 0 Å². The van der Waals surface area contributed by atoms with Crippen LogP contribution in [0.25, 0.3) is 0 Å². The van der Waals surface area contributed by atoms with Crippen molar-refractivity contribution in [1.29, 1.82) is 0 Å². The van der Waals surface area contributed by atoms with Crippen LogP contribution < -0.4 is 0 Å². The number of Topliss-reactive ketones (excluding diaryl/α,β-unsaturated/α-hetero) is 2. The van der Waals surface area contributed by atoms with Gasteiger partial charge in [0, 0.05) is 31.6 Å². The zero-order valence-electron chi connectivity index (χ0n) is 9.64. The predicted molar refractivity (Wildman–Crippen MR) is 64.3 cm³/mol. The molecule has 0 saturated heterocycles. The molecule has 88 valence electrons. The third-order valence-electron chi connectivity index (χ3n) is 3.06. The molecule has 1 rings (SSSR count). The lowest BCUT2D eigenvalue weighted by Gasteiger charge is -2.15. The van der Waals surface area contributed by atoms with Crippen molar-refractivity contribution < 1.29 is 9.59 Å². The Kier molecular flexibility index (Phi) is 5.02. The molecule has 2 nitrogen and oxygen atoms in total. The molecule has 0 N–H and O–H groups in total. The Balaban J connectivity index is 2.41. The number of rotatable bonds is 4. The smallest absolute Gasteiger partial charge is 0.147 e. The van der Waals surface area contributed by atoms with Gasteiger partial charge < -0.3 is 0 Å². The fourth-order valence-corrected chi connectivity index (χ4v) is 1.96. The maximum absolute atomic E-state index is 11.6. The Morgan fingerprint density at radius 3 is 2.38 bits per heavy atom. The normalized spacial score (nSPS) is 18.4. The second-order valence-electron chi connectivity index (χ2n) is 4.35. The minimum absolute atomic E-state index is 0.0487. The van der Waals surface area contributed by atoms with Crippen LogP contribution in [-0.4, -0.2) is 17.4 Å². The molecule has 0 radical (unpaired) electrons. The monoisotopic (exact) mass is 240 g/mol. The fraction of sp³-hybridized carbons (Fsp3) is 0.692. The van der Waals surface area contributed by atoms with Gasteiger partial charge in [0.05, 0.1) is 5.41 Å². The van der Waals surface area contributed by atoms with Crippen molar-refractivity contribution in [2.24, 2.45) is 5.41 Å². The molecule has 1 aliphatic rings. The highest BCUT2D eigenvalue weighted by molar-refractivity contribution is 6.17. The van der Waals surface area contributed by atoms with Gasteiger partial charge in [-0.05, 0) is 19.8 Å². The molecule has 0 spiro atoms. The van der Waals surface area contributed by atoms with Crippen LogP contribution in [0.4, 0.5) is 0 Å². The van der Waals surface area contributed by atoms with E-state index in [-0.39, 0.29) is 11.6 Å². The number of carbonyl (C=O) groups is 2. The van der Waals surface area contributed by atoms with E-state index in [0.717, 1.165) is 19.3 Å². The van der Waals surface area contributed by atoms with Crippen molar-refractivity contribution in [2.75, 3.05) is 5.88 Å². The van der Waals surface area contributed by atoms with Crippen LogP contribution in [0.15, 0.2) is 0 Å². The van der Waals surface area contributed by atoms with Gasteiger partial charge in [-0.15, -0.1) is 23.4 Å². The first-order valence-corrected chi connectivity index (χ1v) is 6.23. The summed E-state index contributed by atoms with van der Waals surface area (Å²) in [4.78, 5) is 23.1. The van der Waals surface area contributed by atoms with Crippen LogP contribution in [0.1, 0.15) is 45.4 Å². The Morgan fingerprint density at radius 1 is 1.19 bits per heavy atom. The summed E-state index contributed by atoms with van der Waals surface area (Å²) >= 11 is 5.54. The quantitative estimate of drug-likeness (QED) is 0.328. The highest BCUT2D eigenvalue weighted by atomic mass is 35.5. The minimum atomic E-state index is -0.820. The van der Waals surface area contributed by atoms with E-state index >= 15 is 0 Å². The summed E-state index contributed by atoms with van der Waals surface area (Å²) in [5, 5.41) is 0. The lowest BCUT2D eigenvalue weighted by atomic mass is 9.83. The second-order valence-corrected chi connectivity index (χ2v) is 4.73. The maximum atomic E-state index is 11.6. The molecular weight excluding hydrogens is 224 g/mol. The van der Waals surface area contributed by atoms with Crippen LogP contribution >= 0.6 is 11.6 Å². The van der Waals surface area contributed by atoms with E-state index in [2.05, 4.69) is 11.8 Å². The molecule has 1 fully saturated rings. The maximum Gasteiger partial charge on any atom is 0.147 e. The van der Waals surface area contributed by atoms with Gasteiger partial charge in [0.1, 0.15) is 11.6 Å². The zero-order chi connectivity index (χ0) is 12.0. The highest BCUT2D eigenvalue weighted by Crippen LogP contribution is 2.33. The number of hydrogen-bond acceptors (Lipinski definition) is 2. The molecule has 1 saturated carbocycles. The van der Waals surface area contributed by atoms with Crippen molar-refractivity contribution in [3.8, 4) is 11.8 Å². The lowest BCUT2D eigenvalue weighted by molar-refractivity contribution is -0.133. The first-order valence-electron chi connectivity index (χ1n) is 5.69. The molecule has 3 heteroatoms. The Hall–Kier alpha value is -0.810. The second kappa shape index (κ2) is 6.06. The first-order chi connectivity index (χ1) is 7.61. The summed E-state index contributed by atoms with van der Waals surface area (Å²) in [6.07, 6.45) is 3.91. The molecule has 0 aromatic rings. The number of ketones is 2. The van der Waals surface area contributed by atoms with Gasteiger partial charge in [-0.3, -0.25) is 9.59 Å². The summed E-state index contributed by atoms with van der Waals surface area (Å²) < 4.78 is 0. The molecule has 0 unspecified atom stereocenters. The standard InChI is InChI=1S/C13H17ClO2/c1-13(11(15)7-8-12(13)16)9-5-3-2-4-6-10-14/h2,4,6-10H2,1H3. The molecule has 0 heterocycles. The van der Waals surface area contributed by atoms with E-state index < -0.39 is 5.41 Å². The number of carbonyl (C=O) groups excluding carboxylic acids is 2. The molecule has 0 amide bonds. The third-order valence-corrected chi connectivity index (χ3v) is 3.33. The average molecular weight is 241 g/mol. The molecule has 0 aliphatic heterocycles. The van der Waals surface area contributed by atoms with Crippen LogP contribution in [0.5, 0.6) is 0 Å². The van der Waals surface area contributed by atoms with Crippen molar-refractivity contribution in [3.05, 3.63) is 0 Å². The summed E-state index contributed by atoms with van der Waals surface area (Å²) in [5.41, 5.74) is -0.820. The number of halogens is 1. The van der Waals surface area contributed by atoms with Gasteiger partial charge in [0.25, 0.3) is 0 Å². The average Bonchev–Trinajstić information content (AvgIpc) is 2.52. The lowest BCUT2D eigenvalue weighted by Crippen LogP contribution is -2.28. The fourth-order valence-electron chi connectivity index (χ4n) is 1.77. The Bertz CT molecular complexity index is 320. The number of alkyl halides is 1. The summed E-state index contributed by atoms with van der Waals surface area (Å²) in [7, 11) is 0. The Morgan fingerprint density at radius 2 is 1.81 bits per heavy atom. The van der Waals surface area contributed by atoms with E-state index in [1.807, 2.05) is 0 Å². The first kappa shape index (κ1) is 13.3. The molecule has 0 atom stereocenters. The summed E-state index contributed by atoms with van der Waals surface area (Å²) in [6, 6.07) is 0. The van der Waals surface area contributed by atoms with E-state index in [1.165, 1.54) is 0 Å². The van der Waals surface area contributed by atoms with Gasteiger partial charge in [0.15, 0.2) is 0 Å². The SMILES string of the molecule is CC1(CC#CCCCCCl)C(=O)CCC1=O. The third kappa shape index (κ3) is 3.09. The number of unbranched alkanes of at least 4 members (excludes halogenated alkanes) is 2. The van der Waals surface area contributed by atoms with Crippen molar-refractivity contribution >= 4 is 23.2 Å². The van der Waals surface area contributed by atoms with E-state index in [0.29, 0.717) is 25.1 Å². The molecule has 1 aliphatic carbocycles. The highest BCUT2D eigenvalue weighted by Gasteiger charge is 2.44. The molecule has 0 bridgehead atoms. The topological polar surface area (TPSA) is 34.1 Å². The van der Waals surface area contributed by atoms with Crippen LogP contribution in [0.3, 0.4) is 0 Å².